The number of methoxy groups -OCH3 is 1. The molecular formula is C13H22N2O5. The van der Waals surface area contributed by atoms with Crippen molar-refractivity contribution < 1.29 is 24.2 Å². The average Bonchev–Trinajstić information content (AvgIpc) is 2.78. The van der Waals surface area contributed by atoms with Gasteiger partial charge in [0, 0.05) is 6.54 Å². The van der Waals surface area contributed by atoms with Gasteiger partial charge in [-0.05, 0) is 25.7 Å². The van der Waals surface area contributed by atoms with Crippen LogP contribution in [0.2, 0.25) is 0 Å². The molecule has 1 aliphatic rings. The lowest BCUT2D eigenvalue weighted by atomic mass is 9.99. The number of ether oxygens (including phenoxy) is 1. The van der Waals surface area contributed by atoms with Gasteiger partial charge in [-0.15, -0.1) is 0 Å². The summed E-state index contributed by atoms with van der Waals surface area (Å²) in [7, 11) is 1.25. The van der Waals surface area contributed by atoms with Crippen LogP contribution in [0.3, 0.4) is 0 Å². The van der Waals surface area contributed by atoms with Gasteiger partial charge in [-0.2, -0.15) is 0 Å². The smallest absolute Gasteiger partial charge is 0.329 e. The predicted octanol–water partition coefficient (Wildman–Crippen LogP) is 0.833. The SMILES string of the molecule is COC(=O)C(NC(=O)N1CCCC1(C)C(=O)O)C(C)C. The van der Waals surface area contributed by atoms with E-state index >= 15 is 0 Å². The maximum absolute atomic E-state index is 12.2. The van der Waals surface area contributed by atoms with Gasteiger partial charge in [-0.25, -0.2) is 14.4 Å². The fraction of sp³-hybridized carbons (Fsp3) is 0.769. The molecule has 2 unspecified atom stereocenters. The van der Waals surface area contributed by atoms with Gasteiger partial charge < -0.3 is 20.1 Å². The first-order valence-electron chi connectivity index (χ1n) is 6.63. The third kappa shape index (κ3) is 3.02. The summed E-state index contributed by atoms with van der Waals surface area (Å²) in [4.78, 5) is 36.5. The zero-order chi connectivity index (χ0) is 15.5. The maximum Gasteiger partial charge on any atom is 0.329 e. The van der Waals surface area contributed by atoms with E-state index in [4.69, 9.17) is 0 Å². The van der Waals surface area contributed by atoms with Crippen molar-refractivity contribution in [1.82, 2.24) is 10.2 Å². The standard InChI is InChI=1S/C13H22N2O5/c1-8(2)9(10(16)20-4)14-12(19)15-7-5-6-13(15,3)11(17)18/h8-9H,5-7H2,1-4H3,(H,14,19)(H,17,18). The number of rotatable bonds is 4. The third-order valence-electron chi connectivity index (χ3n) is 3.75. The van der Waals surface area contributed by atoms with Crippen LogP contribution in [0, 0.1) is 5.92 Å². The minimum Gasteiger partial charge on any atom is -0.480 e. The number of carbonyl (C=O) groups is 3. The lowest BCUT2D eigenvalue weighted by molar-refractivity contribution is -0.147. The molecule has 0 aliphatic carbocycles. The van der Waals surface area contributed by atoms with E-state index in [2.05, 4.69) is 10.1 Å². The van der Waals surface area contributed by atoms with Crippen molar-refractivity contribution in [3.63, 3.8) is 0 Å². The number of carboxylic acids is 1. The molecule has 7 heteroatoms. The van der Waals surface area contributed by atoms with E-state index in [0.29, 0.717) is 19.4 Å². The van der Waals surface area contributed by atoms with E-state index in [0.717, 1.165) is 0 Å². The molecule has 0 aromatic rings. The van der Waals surface area contributed by atoms with E-state index in [9.17, 15) is 19.5 Å². The Kier molecular flexibility index (Phi) is 4.97. The fourth-order valence-electron chi connectivity index (χ4n) is 2.35. The van der Waals surface area contributed by atoms with Crippen molar-refractivity contribution in [3.8, 4) is 0 Å². The van der Waals surface area contributed by atoms with Gasteiger partial charge in [-0.3, -0.25) is 0 Å². The van der Waals surface area contributed by atoms with E-state index in [1.807, 2.05) is 0 Å². The molecule has 1 saturated heterocycles. The number of hydrogen-bond donors (Lipinski definition) is 2. The summed E-state index contributed by atoms with van der Waals surface area (Å²) >= 11 is 0. The first-order chi connectivity index (χ1) is 9.24. The Bertz CT molecular complexity index is 410. The minimum absolute atomic E-state index is 0.148. The van der Waals surface area contributed by atoms with Gasteiger partial charge in [0.05, 0.1) is 7.11 Å². The predicted molar refractivity (Wildman–Crippen MR) is 71.2 cm³/mol. The van der Waals surface area contributed by atoms with Crippen molar-refractivity contribution >= 4 is 18.0 Å². The minimum atomic E-state index is -1.22. The number of urea groups is 1. The Morgan fingerprint density at radius 2 is 1.95 bits per heavy atom. The monoisotopic (exact) mass is 286 g/mol. The summed E-state index contributed by atoms with van der Waals surface area (Å²) < 4.78 is 4.65. The molecule has 1 heterocycles. The zero-order valence-electron chi connectivity index (χ0n) is 12.3. The molecule has 0 radical (unpaired) electrons. The van der Waals surface area contributed by atoms with Gasteiger partial charge in [-0.1, -0.05) is 13.8 Å². The quantitative estimate of drug-likeness (QED) is 0.746. The van der Waals surface area contributed by atoms with Gasteiger partial charge in [0.15, 0.2) is 0 Å². The van der Waals surface area contributed by atoms with Crippen molar-refractivity contribution in [1.29, 1.82) is 0 Å². The number of nitrogens with zero attached hydrogens (tertiary/aromatic N) is 1. The average molecular weight is 286 g/mol. The highest BCUT2D eigenvalue weighted by molar-refractivity contribution is 5.89. The Balaban J connectivity index is 2.84. The molecular weight excluding hydrogens is 264 g/mol. The first kappa shape index (κ1) is 16.3. The zero-order valence-corrected chi connectivity index (χ0v) is 12.3. The van der Waals surface area contributed by atoms with Crippen molar-refractivity contribution in [3.05, 3.63) is 0 Å². The fourth-order valence-corrected chi connectivity index (χ4v) is 2.35. The summed E-state index contributed by atoms with van der Waals surface area (Å²) in [6.07, 6.45) is 1.03. The highest BCUT2D eigenvalue weighted by Gasteiger charge is 2.46. The van der Waals surface area contributed by atoms with Gasteiger partial charge in [0.1, 0.15) is 11.6 Å². The lowest BCUT2D eigenvalue weighted by Gasteiger charge is -2.33. The maximum atomic E-state index is 12.2. The normalized spacial score (nSPS) is 23.6. The topological polar surface area (TPSA) is 95.9 Å². The molecule has 0 bridgehead atoms. The molecule has 2 N–H and O–H groups in total. The second-order valence-electron chi connectivity index (χ2n) is 5.53. The van der Waals surface area contributed by atoms with Crippen LogP contribution in [-0.4, -0.2) is 53.2 Å². The van der Waals surface area contributed by atoms with Crippen LogP contribution in [0.25, 0.3) is 0 Å². The molecule has 1 aliphatic heterocycles. The number of amides is 2. The molecule has 0 spiro atoms. The van der Waals surface area contributed by atoms with Crippen LogP contribution in [-0.2, 0) is 14.3 Å². The lowest BCUT2D eigenvalue weighted by Crippen LogP contribution is -2.57. The van der Waals surface area contributed by atoms with Crippen LogP contribution < -0.4 is 5.32 Å². The second-order valence-corrected chi connectivity index (χ2v) is 5.53. The molecule has 114 valence electrons. The molecule has 2 amide bonds. The number of carboxylic acid groups (broad SMARTS) is 1. The van der Waals surface area contributed by atoms with Gasteiger partial charge in [0.25, 0.3) is 0 Å². The number of aliphatic carboxylic acids is 1. The number of hydrogen-bond acceptors (Lipinski definition) is 4. The number of esters is 1. The summed E-state index contributed by atoms with van der Waals surface area (Å²) in [5.74, 6) is -1.72. The van der Waals surface area contributed by atoms with Crippen molar-refractivity contribution in [2.24, 2.45) is 5.92 Å². The summed E-state index contributed by atoms with van der Waals surface area (Å²) in [5, 5.41) is 11.8. The van der Waals surface area contributed by atoms with Crippen LogP contribution in [0.5, 0.6) is 0 Å². The summed E-state index contributed by atoms with van der Waals surface area (Å²) in [5.41, 5.74) is -1.22. The Hall–Kier alpha value is -1.79. The Morgan fingerprint density at radius 3 is 2.40 bits per heavy atom. The largest absolute Gasteiger partial charge is 0.480 e. The number of carbonyl (C=O) groups excluding carboxylic acids is 2. The van der Waals surface area contributed by atoms with Crippen molar-refractivity contribution in [2.75, 3.05) is 13.7 Å². The molecule has 0 aromatic carbocycles. The highest BCUT2D eigenvalue weighted by Crippen LogP contribution is 2.29. The third-order valence-corrected chi connectivity index (χ3v) is 3.75. The molecule has 0 saturated carbocycles. The second kappa shape index (κ2) is 6.11. The first-order valence-corrected chi connectivity index (χ1v) is 6.63. The van der Waals surface area contributed by atoms with Crippen LogP contribution in [0.15, 0.2) is 0 Å². The van der Waals surface area contributed by atoms with E-state index < -0.39 is 29.6 Å². The number of likely N-dealkylation sites (tertiary alicyclic amines) is 1. The van der Waals surface area contributed by atoms with E-state index in [-0.39, 0.29) is 5.92 Å². The Labute approximate surface area is 118 Å². The highest BCUT2D eigenvalue weighted by atomic mass is 16.5. The van der Waals surface area contributed by atoms with Crippen LogP contribution >= 0.6 is 0 Å². The number of nitrogens with one attached hydrogen (secondary N) is 1. The molecule has 2 atom stereocenters. The summed E-state index contributed by atoms with van der Waals surface area (Å²) in [6, 6.07) is -1.33. The van der Waals surface area contributed by atoms with E-state index in [1.54, 1.807) is 13.8 Å². The molecule has 1 rings (SSSR count). The van der Waals surface area contributed by atoms with Crippen LogP contribution in [0.4, 0.5) is 4.79 Å². The molecule has 0 aromatic heterocycles. The summed E-state index contributed by atoms with van der Waals surface area (Å²) in [6.45, 7) is 5.44. The molecule has 20 heavy (non-hydrogen) atoms. The van der Waals surface area contributed by atoms with Crippen molar-refractivity contribution in [2.45, 2.75) is 45.2 Å². The van der Waals surface area contributed by atoms with Gasteiger partial charge >= 0.3 is 18.0 Å². The molecule has 7 nitrogen and oxygen atoms in total. The van der Waals surface area contributed by atoms with E-state index in [1.165, 1.54) is 18.9 Å². The van der Waals surface area contributed by atoms with Gasteiger partial charge in [0.2, 0.25) is 0 Å². The Morgan fingerprint density at radius 1 is 1.35 bits per heavy atom. The molecule has 1 fully saturated rings. The van der Waals surface area contributed by atoms with Crippen LogP contribution in [0.1, 0.15) is 33.6 Å².